The molecule has 2 saturated heterocycles. The molecular weight excluding hydrogens is 330 g/mol. The second kappa shape index (κ2) is 9.44. The Bertz CT molecular complexity index is 488. The van der Waals surface area contributed by atoms with Gasteiger partial charge in [-0.25, -0.2) is 4.79 Å². The predicted octanol–water partition coefficient (Wildman–Crippen LogP) is 1.65. The summed E-state index contributed by atoms with van der Waals surface area (Å²) in [7, 11) is 0. The second-order valence-electron chi connectivity index (χ2n) is 7.63. The number of nitrogens with one attached hydrogen (secondary N) is 2. The van der Waals surface area contributed by atoms with E-state index >= 15 is 0 Å². The summed E-state index contributed by atoms with van der Waals surface area (Å²) < 4.78 is 5.05. The zero-order valence-electron chi connectivity index (χ0n) is 16.4. The van der Waals surface area contributed by atoms with E-state index in [4.69, 9.17) is 9.73 Å². The summed E-state index contributed by atoms with van der Waals surface area (Å²) in [5, 5.41) is 6.44. The summed E-state index contributed by atoms with van der Waals surface area (Å²) in [4.78, 5) is 21.7. The molecule has 0 spiro atoms. The summed E-state index contributed by atoms with van der Waals surface area (Å²) in [5.41, 5.74) is 0. The number of alkyl carbamates (subject to hydrolysis) is 1. The van der Waals surface area contributed by atoms with Crippen LogP contribution in [0.3, 0.4) is 0 Å². The molecule has 7 nitrogen and oxygen atoms in total. The first-order valence-corrected chi connectivity index (χ1v) is 10.4. The Labute approximate surface area is 157 Å². The fourth-order valence-electron chi connectivity index (χ4n) is 4.08. The third kappa shape index (κ3) is 5.25. The highest BCUT2D eigenvalue weighted by Crippen LogP contribution is 2.33. The van der Waals surface area contributed by atoms with Crippen molar-refractivity contribution in [3.05, 3.63) is 0 Å². The summed E-state index contributed by atoms with van der Waals surface area (Å²) in [6.07, 6.45) is 5.92. The number of guanidine groups is 1. The fourth-order valence-corrected chi connectivity index (χ4v) is 4.08. The van der Waals surface area contributed by atoms with Crippen molar-refractivity contribution < 1.29 is 9.53 Å². The molecule has 0 aromatic rings. The lowest BCUT2D eigenvalue weighted by molar-refractivity contribution is 0.147. The molecule has 2 unspecified atom stereocenters. The fraction of sp³-hybridized carbons (Fsp3) is 0.895. The minimum absolute atomic E-state index is 0.0830. The van der Waals surface area contributed by atoms with Crippen LogP contribution in [0.25, 0.3) is 0 Å². The smallest absolute Gasteiger partial charge is 0.407 e. The van der Waals surface area contributed by atoms with Crippen LogP contribution in [0.4, 0.5) is 4.79 Å². The number of likely N-dealkylation sites (tertiary alicyclic amines) is 2. The number of carbonyl (C=O) groups excluding carboxylic acids is 1. The van der Waals surface area contributed by atoms with Crippen molar-refractivity contribution in [2.75, 3.05) is 45.9 Å². The Morgan fingerprint density at radius 2 is 1.96 bits per heavy atom. The van der Waals surface area contributed by atoms with E-state index in [-0.39, 0.29) is 12.1 Å². The first kappa shape index (κ1) is 19.3. The van der Waals surface area contributed by atoms with Crippen LogP contribution in [-0.2, 0) is 4.74 Å². The van der Waals surface area contributed by atoms with Crippen molar-refractivity contribution in [1.82, 2.24) is 20.4 Å². The maximum absolute atomic E-state index is 11.8. The van der Waals surface area contributed by atoms with Crippen LogP contribution in [0.2, 0.25) is 0 Å². The predicted molar refractivity (Wildman–Crippen MR) is 103 cm³/mol. The molecular formula is C19H35N5O2. The van der Waals surface area contributed by atoms with E-state index in [9.17, 15) is 4.79 Å². The van der Waals surface area contributed by atoms with Gasteiger partial charge in [0, 0.05) is 25.7 Å². The molecule has 0 bridgehead atoms. The highest BCUT2D eigenvalue weighted by atomic mass is 16.5. The van der Waals surface area contributed by atoms with E-state index in [0.29, 0.717) is 25.1 Å². The standard InChI is InChI=1S/C19H35N5O2/c1-3-20-18(24-12-9-16(14-24)23-10-5-6-11-23)21-13-17(15-7-8-15)22-19(25)26-4-2/h15-17H,3-14H2,1-2H3,(H,20,21)(H,22,25). The zero-order chi connectivity index (χ0) is 18.4. The van der Waals surface area contributed by atoms with Gasteiger partial charge in [-0.2, -0.15) is 0 Å². The highest BCUT2D eigenvalue weighted by molar-refractivity contribution is 5.80. The van der Waals surface area contributed by atoms with Crippen LogP contribution >= 0.6 is 0 Å². The molecule has 26 heavy (non-hydrogen) atoms. The van der Waals surface area contributed by atoms with Gasteiger partial charge in [0.25, 0.3) is 0 Å². The van der Waals surface area contributed by atoms with Crippen LogP contribution in [0.1, 0.15) is 46.0 Å². The number of hydrogen-bond acceptors (Lipinski definition) is 4. The zero-order valence-corrected chi connectivity index (χ0v) is 16.4. The number of rotatable bonds is 7. The molecule has 1 aliphatic carbocycles. The van der Waals surface area contributed by atoms with Gasteiger partial charge >= 0.3 is 6.09 Å². The molecule has 2 N–H and O–H groups in total. The molecule has 2 atom stereocenters. The van der Waals surface area contributed by atoms with Crippen LogP contribution in [0.5, 0.6) is 0 Å². The SMILES string of the molecule is CCNC(=NCC(NC(=O)OCC)C1CC1)N1CCC(N2CCCC2)C1. The third-order valence-electron chi connectivity index (χ3n) is 5.66. The van der Waals surface area contributed by atoms with Gasteiger partial charge in [0.15, 0.2) is 5.96 Å². The minimum atomic E-state index is -0.320. The van der Waals surface area contributed by atoms with Gasteiger partial charge < -0.3 is 20.3 Å². The Morgan fingerprint density at radius 1 is 1.19 bits per heavy atom. The molecule has 1 saturated carbocycles. The summed E-state index contributed by atoms with van der Waals surface area (Å²) in [6.45, 7) is 10.5. The van der Waals surface area contributed by atoms with E-state index in [1.54, 1.807) is 0 Å². The van der Waals surface area contributed by atoms with Crippen molar-refractivity contribution in [2.24, 2.45) is 10.9 Å². The highest BCUT2D eigenvalue weighted by Gasteiger charge is 2.34. The van der Waals surface area contributed by atoms with Crippen molar-refractivity contribution in [3.8, 4) is 0 Å². The first-order chi connectivity index (χ1) is 12.7. The lowest BCUT2D eigenvalue weighted by Crippen LogP contribution is -2.44. The van der Waals surface area contributed by atoms with Gasteiger partial charge in [-0.15, -0.1) is 0 Å². The Kier molecular flexibility index (Phi) is 7.00. The van der Waals surface area contributed by atoms with Crippen LogP contribution in [-0.4, -0.2) is 79.8 Å². The van der Waals surface area contributed by atoms with E-state index in [1.165, 1.54) is 45.2 Å². The molecule has 148 valence electrons. The molecule has 3 aliphatic rings. The second-order valence-corrected chi connectivity index (χ2v) is 7.63. The Morgan fingerprint density at radius 3 is 2.62 bits per heavy atom. The van der Waals surface area contributed by atoms with Gasteiger partial charge in [0.2, 0.25) is 0 Å². The lowest BCUT2D eigenvalue weighted by atomic mass is 10.2. The number of aliphatic imine (C=N–C) groups is 1. The molecule has 0 radical (unpaired) electrons. The van der Waals surface area contributed by atoms with E-state index in [1.807, 2.05) is 6.92 Å². The molecule has 1 amide bonds. The average Bonchev–Trinajstić information content (AvgIpc) is 3.11. The van der Waals surface area contributed by atoms with Gasteiger partial charge in [-0.05, 0) is 65.0 Å². The quantitative estimate of drug-likeness (QED) is 0.530. The molecule has 0 aromatic heterocycles. The number of nitrogens with zero attached hydrogens (tertiary/aromatic N) is 3. The molecule has 2 heterocycles. The Balaban J connectivity index is 1.56. The maximum Gasteiger partial charge on any atom is 0.407 e. The van der Waals surface area contributed by atoms with Gasteiger partial charge in [0.1, 0.15) is 0 Å². The minimum Gasteiger partial charge on any atom is -0.450 e. The van der Waals surface area contributed by atoms with Crippen LogP contribution in [0.15, 0.2) is 4.99 Å². The van der Waals surface area contributed by atoms with E-state index in [2.05, 4.69) is 27.4 Å². The first-order valence-electron chi connectivity index (χ1n) is 10.4. The van der Waals surface area contributed by atoms with E-state index in [0.717, 1.165) is 25.6 Å². The average molecular weight is 366 g/mol. The molecule has 3 fully saturated rings. The monoisotopic (exact) mass is 365 g/mol. The topological polar surface area (TPSA) is 69.2 Å². The number of ether oxygens (including phenoxy) is 1. The molecule has 0 aromatic carbocycles. The third-order valence-corrected chi connectivity index (χ3v) is 5.66. The van der Waals surface area contributed by atoms with Crippen molar-refractivity contribution >= 4 is 12.1 Å². The van der Waals surface area contributed by atoms with Crippen LogP contribution < -0.4 is 10.6 Å². The van der Waals surface area contributed by atoms with Crippen molar-refractivity contribution in [1.29, 1.82) is 0 Å². The maximum atomic E-state index is 11.8. The largest absolute Gasteiger partial charge is 0.450 e. The molecule has 7 heteroatoms. The number of hydrogen-bond donors (Lipinski definition) is 2. The van der Waals surface area contributed by atoms with Crippen LogP contribution in [0, 0.1) is 5.92 Å². The Hall–Kier alpha value is -1.50. The van der Waals surface area contributed by atoms with Crippen molar-refractivity contribution in [2.45, 2.75) is 58.0 Å². The lowest BCUT2D eigenvalue weighted by Gasteiger charge is -2.26. The summed E-state index contributed by atoms with van der Waals surface area (Å²) in [6, 6.07) is 0.748. The number of carbonyl (C=O) groups is 1. The van der Waals surface area contributed by atoms with E-state index < -0.39 is 0 Å². The van der Waals surface area contributed by atoms with Gasteiger partial charge in [-0.1, -0.05) is 0 Å². The number of amides is 1. The van der Waals surface area contributed by atoms with Crippen molar-refractivity contribution in [3.63, 3.8) is 0 Å². The molecule has 2 aliphatic heterocycles. The summed E-state index contributed by atoms with van der Waals surface area (Å²) in [5.74, 6) is 1.53. The summed E-state index contributed by atoms with van der Waals surface area (Å²) >= 11 is 0. The van der Waals surface area contributed by atoms with Gasteiger partial charge in [-0.3, -0.25) is 9.89 Å². The molecule has 3 rings (SSSR count). The normalized spacial score (nSPS) is 25.4. The van der Waals surface area contributed by atoms with Gasteiger partial charge in [0.05, 0.1) is 19.2 Å².